The van der Waals surface area contributed by atoms with E-state index >= 15 is 0 Å². The van der Waals surface area contributed by atoms with Crippen LogP contribution in [-0.4, -0.2) is 60.9 Å². The molecule has 3 atom stereocenters. The lowest BCUT2D eigenvalue weighted by molar-refractivity contribution is -0.137. The number of benzene rings is 1. The van der Waals surface area contributed by atoms with E-state index in [-0.39, 0.29) is 30.2 Å². The Morgan fingerprint density at radius 1 is 1.29 bits per heavy atom. The normalized spacial score (nSPS) is 18.0. The van der Waals surface area contributed by atoms with Gasteiger partial charge in [0.25, 0.3) is 5.91 Å². The number of likely N-dealkylation sites (N-methyl/N-ethyl adjacent to an activating group) is 1. The first kappa shape index (κ1) is 21.5. The number of hydrogen-bond acceptors (Lipinski definition) is 4. The number of rotatable bonds is 8. The largest absolute Gasteiger partial charge is 0.350 e. The molecule has 28 heavy (non-hydrogen) atoms. The molecule has 0 unspecified atom stereocenters. The summed E-state index contributed by atoms with van der Waals surface area (Å²) in [5, 5.41) is 8.47. The SMILES string of the molecule is C#CC[C@H](NC(=O)[C@H](C)NC)C(=O)N1CCC[C@H]1CNC(=O)c1ccccc1. The van der Waals surface area contributed by atoms with Gasteiger partial charge in [-0.1, -0.05) is 18.2 Å². The molecule has 7 nitrogen and oxygen atoms in total. The lowest BCUT2D eigenvalue weighted by Gasteiger charge is -2.29. The Labute approximate surface area is 166 Å². The third-order valence-corrected chi connectivity index (χ3v) is 4.96. The maximum atomic E-state index is 13.0. The Morgan fingerprint density at radius 3 is 2.64 bits per heavy atom. The van der Waals surface area contributed by atoms with Gasteiger partial charge in [-0.15, -0.1) is 12.3 Å². The maximum Gasteiger partial charge on any atom is 0.251 e. The van der Waals surface area contributed by atoms with Gasteiger partial charge in [0, 0.05) is 31.1 Å². The molecule has 1 aromatic carbocycles. The Bertz CT molecular complexity index is 729. The van der Waals surface area contributed by atoms with Crippen molar-refractivity contribution in [2.24, 2.45) is 0 Å². The quantitative estimate of drug-likeness (QED) is 0.570. The zero-order valence-corrected chi connectivity index (χ0v) is 16.4. The van der Waals surface area contributed by atoms with Gasteiger partial charge in [-0.05, 0) is 38.9 Å². The first-order valence-corrected chi connectivity index (χ1v) is 9.52. The predicted molar refractivity (Wildman–Crippen MR) is 107 cm³/mol. The third-order valence-electron chi connectivity index (χ3n) is 4.96. The first-order valence-electron chi connectivity index (χ1n) is 9.52. The molecular weight excluding hydrogens is 356 g/mol. The van der Waals surface area contributed by atoms with Crippen molar-refractivity contribution in [1.82, 2.24) is 20.9 Å². The number of hydrogen-bond donors (Lipinski definition) is 3. The molecule has 3 amide bonds. The highest BCUT2D eigenvalue weighted by Gasteiger charge is 2.34. The van der Waals surface area contributed by atoms with E-state index in [1.807, 2.05) is 6.07 Å². The maximum absolute atomic E-state index is 13.0. The lowest BCUT2D eigenvalue weighted by atomic mass is 10.1. The molecule has 0 radical (unpaired) electrons. The van der Waals surface area contributed by atoms with Crippen molar-refractivity contribution < 1.29 is 14.4 Å². The van der Waals surface area contributed by atoms with Gasteiger partial charge in [0.05, 0.1) is 6.04 Å². The number of terminal acetylenes is 1. The van der Waals surface area contributed by atoms with Crippen molar-refractivity contribution in [3.63, 3.8) is 0 Å². The highest BCUT2D eigenvalue weighted by Crippen LogP contribution is 2.18. The zero-order chi connectivity index (χ0) is 20.5. The summed E-state index contributed by atoms with van der Waals surface area (Å²) in [6, 6.07) is 7.65. The van der Waals surface area contributed by atoms with Crippen LogP contribution in [0.4, 0.5) is 0 Å². The highest BCUT2D eigenvalue weighted by molar-refractivity contribution is 5.94. The van der Waals surface area contributed by atoms with Crippen molar-refractivity contribution in [3.05, 3.63) is 35.9 Å². The Kier molecular flexibility index (Phi) is 8.02. The van der Waals surface area contributed by atoms with Crippen LogP contribution in [0.1, 0.15) is 36.5 Å². The molecule has 3 N–H and O–H groups in total. The summed E-state index contributed by atoms with van der Waals surface area (Å²) in [6.07, 6.45) is 7.17. The molecule has 0 bridgehead atoms. The van der Waals surface area contributed by atoms with Crippen LogP contribution in [-0.2, 0) is 9.59 Å². The minimum absolute atomic E-state index is 0.112. The number of nitrogens with zero attached hydrogens (tertiary/aromatic N) is 1. The molecule has 2 rings (SSSR count). The van der Waals surface area contributed by atoms with Crippen LogP contribution in [0.3, 0.4) is 0 Å². The van der Waals surface area contributed by atoms with Gasteiger partial charge >= 0.3 is 0 Å². The number of nitrogens with one attached hydrogen (secondary N) is 3. The van der Waals surface area contributed by atoms with Crippen molar-refractivity contribution in [1.29, 1.82) is 0 Å². The predicted octanol–water partition coefficient (Wildman–Crippen LogP) is 0.523. The molecule has 0 spiro atoms. The molecule has 1 aliphatic heterocycles. The molecule has 0 aliphatic carbocycles. The summed E-state index contributed by atoms with van der Waals surface area (Å²) in [7, 11) is 1.67. The van der Waals surface area contributed by atoms with E-state index in [0.717, 1.165) is 12.8 Å². The van der Waals surface area contributed by atoms with Crippen LogP contribution in [0.2, 0.25) is 0 Å². The van der Waals surface area contributed by atoms with Crippen molar-refractivity contribution in [2.75, 3.05) is 20.1 Å². The van der Waals surface area contributed by atoms with Crippen molar-refractivity contribution >= 4 is 17.7 Å². The highest BCUT2D eigenvalue weighted by atomic mass is 16.2. The van der Waals surface area contributed by atoms with E-state index in [4.69, 9.17) is 6.42 Å². The molecule has 1 aliphatic rings. The van der Waals surface area contributed by atoms with Crippen molar-refractivity contribution in [3.8, 4) is 12.3 Å². The monoisotopic (exact) mass is 384 g/mol. The smallest absolute Gasteiger partial charge is 0.251 e. The van der Waals surface area contributed by atoms with Gasteiger partial charge in [0.1, 0.15) is 6.04 Å². The van der Waals surface area contributed by atoms with Crippen LogP contribution in [0, 0.1) is 12.3 Å². The third kappa shape index (κ3) is 5.57. The average molecular weight is 384 g/mol. The van der Waals surface area contributed by atoms with Crippen LogP contribution in [0.5, 0.6) is 0 Å². The summed E-state index contributed by atoms with van der Waals surface area (Å²) in [4.78, 5) is 39.1. The van der Waals surface area contributed by atoms with Gasteiger partial charge in [-0.25, -0.2) is 0 Å². The fourth-order valence-electron chi connectivity index (χ4n) is 3.19. The van der Waals surface area contributed by atoms with E-state index in [9.17, 15) is 14.4 Å². The van der Waals surface area contributed by atoms with Crippen LogP contribution < -0.4 is 16.0 Å². The van der Waals surface area contributed by atoms with Crippen molar-refractivity contribution in [2.45, 2.75) is 44.3 Å². The number of likely N-dealkylation sites (tertiary alicyclic amines) is 1. The van der Waals surface area contributed by atoms with E-state index in [2.05, 4.69) is 21.9 Å². The van der Waals surface area contributed by atoms with Crippen LogP contribution >= 0.6 is 0 Å². The molecule has 150 valence electrons. The second kappa shape index (κ2) is 10.5. The van der Waals surface area contributed by atoms with E-state index in [1.54, 1.807) is 43.1 Å². The standard InChI is InChI=1S/C21H28N4O3/c1-4-9-18(24-19(26)15(2)22-3)21(28)25-13-8-12-17(25)14-23-20(27)16-10-6-5-7-11-16/h1,5-7,10-11,15,17-18,22H,8-9,12-14H2,2-3H3,(H,23,27)(H,24,26)/t15-,17-,18-/m0/s1. The minimum atomic E-state index is -0.765. The van der Waals surface area contributed by atoms with Crippen LogP contribution in [0.15, 0.2) is 30.3 Å². The average Bonchev–Trinajstić information content (AvgIpc) is 3.19. The van der Waals surface area contributed by atoms with E-state index in [1.165, 1.54) is 0 Å². The first-order chi connectivity index (χ1) is 13.5. The number of carbonyl (C=O) groups is 3. The molecule has 0 aromatic heterocycles. The van der Waals surface area contributed by atoms with Crippen LogP contribution in [0.25, 0.3) is 0 Å². The minimum Gasteiger partial charge on any atom is -0.350 e. The second-order valence-corrected chi connectivity index (χ2v) is 6.88. The summed E-state index contributed by atoms with van der Waals surface area (Å²) in [6.45, 7) is 2.66. The second-order valence-electron chi connectivity index (χ2n) is 6.88. The van der Waals surface area contributed by atoms with E-state index < -0.39 is 12.1 Å². The molecule has 1 saturated heterocycles. The van der Waals surface area contributed by atoms with Gasteiger partial charge in [-0.3, -0.25) is 14.4 Å². The molecule has 1 heterocycles. The molecular formula is C21H28N4O3. The Hall–Kier alpha value is -2.85. The summed E-state index contributed by atoms with van der Waals surface area (Å²) >= 11 is 0. The summed E-state index contributed by atoms with van der Waals surface area (Å²) in [5.74, 6) is 1.82. The molecule has 0 saturated carbocycles. The Morgan fingerprint density at radius 2 is 2.00 bits per heavy atom. The Balaban J connectivity index is 1.98. The summed E-state index contributed by atoms with van der Waals surface area (Å²) < 4.78 is 0. The van der Waals surface area contributed by atoms with Gasteiger partial charge < -0.3 is 20.9 Å². The zero-order valence-electron chi connectivity index (χ0n) is 16.4. The topological polar surface area (TPSA) is 90.5 Å². The molecule has 1 fully saturated rings. The van der Waals surface area contributed by atoms with Gasteiger partial charge in [0.2, 0.25) is 11.8 Å². The molecule has 7 heteroatoms. The number of carbonyl (C=O) groups excluding carboxylic acids is 3. The van der Waals surface area contributed by atoms with E-state index in [0.29, 0.717) is 18.7 Å². The fraction of sp³-hybridized carbons (Fsp3) is 0.476. The van der Waals surface area contributed by atoms with Gasteiger partial charge in [0.15, 0.2) is 0 Å². The van der Waals surface area contributed by atoms with Gasteiger partial charge in [-0.2, -0.15) is 0 Å². The lowest BCUT2D eigenvalue weighted by Crippen LogP contribution is -2.54. The fourth-order valence-corrected chi connectivity index (χ4v) is 3.19. The number of amides is 3. The summed E-state index contributed by atoms with van der Waals surface area (Å²) in [5.41, 5.74) is 0.580. The molecule has 1 aromatic rings.